The maximum atomic E-state index is 9.78. The first-order valence-electron chi connectivity index (χ1n) is 5.10. The van der Waals surface area contributed by atoms with E-state index < -0.39 is 35.9 Å². The molecular formula is C9H18N2O5S. The summed E-state index contributed by atoms with van der Waals surface area (Å²) in [6.07, 6.45) is -3.09. The van der Waals surface area contributed by atoms with Crippen molar-refractivity contribution in [3.8, 4) is 0 Å². The fourth-order valence-electron chi connectivity index (χ4n) is 1.67. The van der Waals surface area contributed by atoms with Gasteiger partial charge in [0.25, 0.3) is 0 Å². The van der Waals surface area contributed by atoms with E-state index in [9.17, 15) is 15.3 Å². The normalized spacial score (nSPS) is 41.3. The monoisotopic (exact) mass is 266 g/mol. The lowest BCUT2D eigenvalue weighted by molar-refractivity contribution is -0.198. The van der Waals surface area contributed by atoms with Crippen molar-refractivity contribution >= 4 is 17.5 Å². The maximum absolute atomic E-state index is 9.78. The summed E-state index contributed by atoms with van der Waals surface area (Å²) in [5.41, 5.74) is 5.23. The summed E-state index contributed by atoms with van der Waals surface area (Å²) in [6.45, 7) is 1.48. The number of hydrogen-bond acceptors (Lipinski definition) is 8. The highest BCUT2D eigenvalue weighted by molar-refractivity contribution is 7.99. The van der Waals surface area contributed by atoms with Crippen LogP contribution >= 0.6 is 11.8 Å². The highest BCUT2D eigenvalue weighted by Gasteiger charge is 2.46. The molecule has 1 heterocycles. The second-order valence-corrected chi connectivity index (χ2v) is 4.88. The Morgan fingerprint density at radius 3 is 2.35 bits per heavy atom. The van der Waals surface area contributed by atoms with Crippen LogP contribution < -0.4 is 5.73 Å². The molecule has 0 saturated carbocycles. The first-order valence-corrected chi connectivity index (χ1v) is 6.39. The number of hydrogen-bond donors (Lipinski definition) is 5. The van der Waals surface area contributed by atoms with Crippen molar-refractivity contribution in [2.24, 2.45) is 10.9 Å². The summed E-state index contributed by atoms with van der Waals surface area (Å²) in [5, 5.41) is 40.6. The average molecular weight is 266 g/mol. The molecule has 1 fully saturated rings. The van der Waals surface area contributed by atoms with E-state index in [2.05, 4.69) is 5.16 Å². The van der Waals surface area contributed by atoms with Gasteiger partial charge in [0, 0.05) is 0 Å². The molecule has 0 bridgehead atoms. The van der Waals surface area contributed by atoms with E-state index in [4.69, 9.17) is 15.7 Å². The van der Waals surface area contributed by atoms with Crippen molar-refractivity contribution in [2.45, 2.75) is 42.8 Å². The van der Waals surface area contributed by atoms with Crippen LogP contribution in [0, 0.1) is 0 Å². The van der Waals surface area contributed by atoms with Crippen LogP contribution in [0.15, 0.2) is 5.16 Å². The molecule has 0 spiro atoms. The van der Waals surface area contributed by atoms with Gasteiger partial charge in [-0.25, -0.2) is 0 Å². The van der Waals surface area contributed by atoms with Gasteiger partial charge in [0.05, 0.1) is 11.8 Å². The number of rotatable bonds is 3. The molecule has 1 rings (SSSR count). The standard InChI is InChI=1S/C9H18N2O5S/c1-3(11-15)4(10)8-6(13)5(12)7(14)9(16-8)17-2/h4-9,12-15H,10H2,1-2H3. The molecule has 6 N–H and O–H groups in total. The molecule has 6 unspecified atom stereocenters. The minimum Gasteiger partial charge on any atom is -0.411 e. The van der Waals surface area contributed by atoms with Crippen LogP contribution in [0.4, 0.5) is 0 Å². The zero-order valence-electron chi connectivity index (χ0n) is 9.59. The van der Waals surface area contributed by atoms with Gasteiger partial charge in [-0.2, -0.15) is 0 Å². The first kappa shape index (κ1) is 14.7. The highest BCUT2D eigenvalue weighted by Crippen LogP contribution is 2.28. The van der Waals surface area contributed by atoms with Crippen molar-refractivity contribution in [1.82, 2.24) is 0 Å². The lowest BCUT2D eigenvalue weighted by atomic mass is 9.93. The fourth-order valence-corrected chi connectivity index (χ4v) is 2.35. The molecule has 0 aromatic rings. The van der Waals surface area contributed by atoms with E-state index in [-0.39, 0.29) is 5.71 Å². The van der Waals surface area contributed by atoms with Crippen LogP contribution in [0.3, 0.4) is 0 Å². The fraction of sp³-hybridized carbons (Fsp3) is 0.889. The second-order valence-electron chi connectivity index (χ2n) is 3.94. The molecule has 7 nitrogen and oxygen atoms in total. The number of oxime groups is 1. The Hall–Kier alpha value is -0.380. The Balaban J connectivity index is 2.85. The van der Waals surface area contributed by atoms with Crippen LogP contribution in [-0.4, -0.2) is 68.4 Å². The topological polar surface area (TPSA) is 129 Å². The summed E-state index contributed by atoms with van der Waals surface area (Å²) in [4.78, 5) is 0. The highest BCUT2D eigenvalue weighted by atomic mass is 32.2. The molecule has 6 atom stereocenters. The molecule has 17 heavy (non-hydrogen) atoms. The Bertz CT molecular complexity index is 289. The second kappa shape index (κ2) is 5.98. The molecule has 1 aliphatic rings. The van der Waals surface area contributed by atoms with Crippen LogP contribution in [0.1, 0.15) is 6.92 Å². The SMILES string of the molecule is CSC1OC(C(N)C(C)=NO)C(O)C(O)C1O. The summed E-state index contributed by atoms with van der Waals surface area (Å²) in [6, 6.07) is -0.855. The van der Waals surface area contributed by atoms with Crippen LogP contribution in [0.5, 0.6) is 0 Å². The van der Waals surface area contributed by atoms with Crippen LogP contribution in [0.25, 0.3) is 0 Å². The third kappa shape index (κ3) is 2.90. The third-order valence-electron chi connectivity index (χ3n) is 2.83. The van der Waals surface area contributed by atoms with Crippen molar-refractivity contribution in [1.29, 1.82) is 0 Å². The molecular weight excluding hydrogens is 248 g/mol. The average Bonchev–Trinajstić information content (AvgIpc) is 2.34. The van der Waals surface area contributed by atoms with Gasteiger partial charge >= 0.3 is 0 Å². The van der Waals surface area contributed by atoms with Gasteiger partial charge in [0.15, 0.2) is 0 Å². The zero-order valence-corrected chi connectivity index (χ0v) is 10.4. The Morgan fingerprint density at radius 2 is 1.88 bits per heavy atom. The predicted molar refractivity (Wildman–Crippen MR) is 63.1 cm³/mol. The molecule has 1 saturated heterocycles. The van der Waals surface area contributed by atoms with Crippen molar-refractivity contribution in [2.75, 3.05) is 6.26 Å². The lowest BCUT2D eigenvalue weighted by Crippen LogP contribution is -2.62. The van der Waals surface area contributed by atoms with E-state index in [1.807, 2.05) is 0 Å². The van der Waals surface area contributed by atoms with E-state index in [0.29, 0.717) is 0 Å². The van der Waals surface area contributed by atoms with Crippen LogP contribution in [0.2, 0.25) is 0 Å². The zero-order chi connectivity index (χ0) is 13.2. The minimum atomic E-state index is -1.34. The summed E-state index contributed by atoms with van der Waals surface area (Å²) < 4.78 is 5.40. The number of aliphatic hydroxyl groups excluding tert-OH is 3. The van der Waals surface area contributed by atoms with Gasteiger partial charge < -0.3 is 31.0 Å². The van der Waals surface area contributed by atoms with E-state index in [1.165, 1.54) is 18.7 Å². The quantitative estimate of drug-likeness (QED) is 0.235. The summed E-state index contributed by atoms with van der Waals surface area (Å²) >= 11 is 1.20. The number of ether oxygens (including phenoxy) is 1. The van der Waals surface area contributed by atoms with Gasteiger partial charge in [-0.05, 0) is 13.2 Å². The Kier molecular flexibility index (Phi) is 5.17. The molecule has 0 aliphatic carbocycles. The van der Waals surface area contributed by atoms with Crippen molar-refractivity contribution in [3.63, 3.8) is 0 Å². The van der Waals surface area contributed by atoms with Gasteiger partial charge in [-0.3, -0.25) is 0 Å². The number of thioether (sulfide) groups is 1. The Labute approximate surface area is 103 Å². The lowest BCUT2D eigenvalue weighted by Gasteiger charge is -2.41. The Morgan fingerprint density at radius 1 is 1.29 bits per heavy atom. The molecule has 0 aromatic carbocycles. The third-order valence-corrected chi connectivity index (χ3v) is 3.69. The minimum absolute atomic E-state index is 0.178. The van der Waals surface area contributed by atoms with E-state index in [1.54, 1.807) is 6.26 Å². The number of nitrogens with zero attached hydrogens (tertiary/aromatic N) is 1. The van der Waals surface area contributed by atoms with E-state index >= 15 is 0 Å². The molecule has 1 aliphatic heterocycles. The molecule has 0 radical (unpaired) electrons. The van der Waals surface area contributed by atoms with Crippen LogP contribution in [-0.2, 0) is 4.74 Å². The van der Waals surface area contributed by atoms with Gasteiger partial charge in [-0.15, -0.1) is 11.8 Å². The number of aliphatic hydroxyl groups is 3. The van der Waals surface area contributed by atoms with E-state index in [0.717, 1.165) is 0 Å². The smallest absolute Gasteiger partial charge is 0.132 e. The number of nitrogens with two attached hydrogens (primary N) is 1. The maximum Gasteiger partial charge on any atom is 0.132 e. The van der Waals surface area contributed by atoms with Crippen molar-refractivity contribution < 1.29 is 25.3 Å². The van der Waals surface area contributed by atoms with Gasteiger partial charge in [-0.1, -0.05) is 5.16 Å². The molecule has 0 aromatic heterocycles. The molecule has 8 heteroatoms. The molecule has 100 valence electrons. The summed E-state index contributed by atoms with van der Waals surface area (Å²) in [5.74, 6) is 0. The van der Waals surface area contributed by atoms with Gasteiger partial charge in [0.2, 0.25) is 0 Å². The summed E-state index contributed by atoms with van der Waals surface area (Å²) in [7, 11) is 0. The predicted octanol–water partition coefficient (Wildman–Crippen LogP) is -1.67. The first-order chi connectivity index (χ1) is 7.93. The largest absolute Gasteiger partial charge is 0.411 e. The van der Waals surface area contributed by atoms with Crippen molar-refractivity contribution in [3.05, 3.63) is 0 Å². The van der Waals surface area contributed by atoms with Gasteiger partial charge in [0.1, 0.15) is 29.9 Å². The molecule has 0 amide bonds.